The first-order valence-electron chi connectivity index (χ1n) is 9.19. The number of likely N-dealkylation sites (tertiary alicyclic amines) is 1. The highest BCUT2D eigenvalue weighted by atomic mass is 16.2. The molecule has 0 unspecified atom stereocenters. The fourth-order valence-corrected chi connectivity index (χ4v) is 3.29. The summed E-state index contributed by atoms with van der Waals surface area (Å²) in [6.07, 6.45) is 5.35. The summed E-state index contributed by atoms with van der Waals surface area (Å²) < 4.78 is 0. The highest BCUT2D eigenvalue weighted by Gasteiger charge is 2.26. The summed E-state index contributed by atoms with van der Waals surface area (Å²) >= 11 is 0. The van der Waals surface area contributed by atoms with Gasteiger partial charge in [0, 0.05) is 26.1 Å². The number of rotatable bonds is 7. The molecule has 128 valence electrons. The molecule has 0 bridgehead atoms. The average molecular weight is 316 g/mol. The predicted molar refractivity (Wildman–Crippen MR) is 96.4 cm³/mol. The Balaban J connectivity index is 1.77. The summed E-state index contributed by atoms with van der Waals surface area (Å²) in [6, 6.07) is 8.95. The normalized spacial score (nSPS) is 16.5. The SMILES string of the molecule is CCCCN(C)C(=O)C1CCN(Cc2ccc(CC)cc2)CC1. The highest BCUT2D eigenvalue weighted by Crippen LogP contribution is 2.21. The molecule has 1 aliphatic rings. The second-order valence-corrected chi connectivity index (χ2v) is 6.83. The number of aryl methyl sites for hydroxylation is 1. The van der Waals surface area contributed by atoms with Gasteiger partial charge in [-0.2, -0.15) is 0 Å². The Morgan fingerprint density at radius 1 is 1.13 bits per heavy atom. The number of amides is 1. The van der Waals surface area contributed by atoms with Gasteiger partial charge in [0.15, 0.2) is 0 Å². The molecule has 0 radical (unpaired) electrons. The number of nitrogens with zero attached hydrogens (tertiary/aromatic N) is 2. The van der Waals surface area contributed by atoms with E-state index in [4.69, 9.17) is 0 Å². The van der Waals surface area contributed by atoms with Crippen LogP contribution in [0.2, 0.25) is 0 Å². The van der Waals surface area contributed by atoms with Gasteiger partial charge in [0.25, 0.3) is 0 Å². The van der Waals surface area contributed by atoms with Gasteiger partial charge in [0.1, 0.15) is 0 Å². The van der Waals surface area contributed by atoms with Crippen LogP contribution in [0.4, 0.5) is 0 Å². The van der Waals surface area contributed by atoms with E-state index < -0.39 is 0 Å². The van der Waals surface area contributed by atoms with Gasteiger partial charge >= 0.3 is 0 Å². The molecule has 0 N–H and O–H groups in total. The molecule has 0 aliphatic carbocycles. The van der Waals surface area contributed by atoms with Crippen molar-refractivity contribution < 1.29 is 4.79 Å². The maximum absolute atomic E-state index is 12.4. The largest absolute Gasteiger partial charge is 0.346 e. The number of unbranched alkanes of at least 4 members (excludes halogenated alkanes) is 1. The summed E-state index contributed by atoms with van der Waals surface area (Å²) in [5.74, 6) is 0.584. The lowest BCUT2D eigenvalue weighted by molar-refractivity contribution is -0.135. The summed E-state index contributed by atoms with van der Waals surface area (Å²) in [4.78, 5) is 16.9. The van der Waals surface area contributed by atoms with Gasteiger partial charge in [-0.3, -0.25) is 9.69 Å². The fraction of sp³-hybridized carbons (Fsp3) is 0.650. The number of carbonyl (C=O) groups excluding carboxylic acids is 1. The molecule has 23 heavy (non-hydrogen) atoms. The summed E-state index contributed by atoms with van der Waals surface area (Å²) in [5, 5.41) is 0. The van der Waals surface area contributed by atoms with E-state index in [2.05, 4.69) is 43.0 Å². The van der Waals surface area contributed by atoms with Crippen LogP contribution in [0, 0.1) is 5.92 Å². The third kappa shape index (κ3) is 5.35. The Labute approximate surface area is 141 Å². The summed E-state index contributed by atoms with van der Waals surface area (Å²) in [6.45, 7) is 8.34. The molecule has 1 fully saturated rings. The second kappa shape index (κ2) is 9.07. The highest BCUT2D eigenvalue weighted by molar-refractivity contribution is 5.78. The van der Waals surface area contributed by atoms with Crippen LogP contribution < -0.4 is 0 Å². The van der Waals surface area contributed by atoms with E-state index in [1.807, 2.05) is 11.9 Å². The molecule has 1 saturated heterocycles. The third-order valence-corrected chi connectivity index (χ3v) is 5.00. The summed E-state index contributed by atoms with van der Waals surface area (Å²) in [5.41, 5.74) is 2.78. The molecular formula is C20H32N2O. The van der Waals surface area contributed by atoms with E-state index in [9.17, 15) is 4.79 Å². The summed E-state index contributed by atoms with van der Waals surface area (Å²) in [7, 11) is 1.96. The van der Waals surface area contributed by atoms with Crippen molar-refractivity contribution in [3.8, 4) is 0 Å². The quantitative estimate of drug-likeness (QED) is 0.765. The minimum atomic E-state index is 0.232. The van der Waals surface area contributed by atoms with Crippen molar-refractivity contribution in [2.45, 2.75) is 52.5 Å². The van der Waals surface area contributed by atoms with Crippen molar-refractivity contribution >= 4 is 5.91 Å². The molecule has 0 saturated carbocycles. The number of carbonyl (C=O) groups is 1. The molecular weight excluding hydrogens is 284 g/mol. The van der Waals surface area contributed by atoms with Crippen LogP contribution in [0.25, 0.3) is 0 Å². The van der Waals surface area contributed by atoms with Crippen LogP contribution in [0.3, 0.4) is 0 Å². The van der Waals surface area contributed by atoms with Crippen molar-refractivity contribution in [3.63, 3.8) is 0 Å². The van der Waals surface area contributed by atoms with E-state index in [-0.39, 0.29) is 5.92 Å². The molecule has 0 spiro atoms. The first-order chi connectivity index (χ1) is 11.1. The lowest BCUT2D eigenvalue weighted by Crippen LogP contribution is -2.41. The Hall–Kier alpha value is -1.35. The van der Waals surface area contributed by atoms with Gasteiger partial charge < -0.3 is 4.90 Å². The Kier molecular flexibility index (Phi) is 7.10. The molecule has 1 amide bonds. The topological polar surface area (TPSA) is 23.6 Å². The monoisotopic (exact) mass is 316 g/mol. The average Bonchev–Trinajstić information content (AvgIpc) is 2.60. The number of piperidine rings is 1. The van der Waals surface area contributed by atoms with Crippen LogP contribution in [0.15, 0.2) is 24.3 Å². The second-order valence-electron chi connectivity index (χ2n) is 6.83. The number of benzene rings is 1. The smallest absolute Gasteiger partial charge is 0.225 e. The Morgan fingerprint density at radius 3 is 2.30 bits per heavy atom. The molecule has 1 heterocycles. The Bertz CT molecular complexity index is 475. The number of hydrogen-bond donors (Lipinski definition) is 0. The van der Waals surface area contributed by atoms with Gasteiger partial charge in [0.05, 0.1) is 0 Å². The molecule has 0 aromatic heterocycles. The first-order valence-corrected chi connectivity index (χ1v) is 9.19. The van der Waals surface area contributed by atoms with Gasteiger partial charge in [-0.25, -0.2) is 0 Å². The molecule has 0 atom stereocenters. The Morgan fingerprint density at radius 2 is 1.74 bits per heavy atom. The van der Waals surface area contributed by atoms with Crippen LogP contribution in [0.1, 0.15) is 50.7 Å². The standard InChI is InChI=1S/C20H32N2O/c1-4-6-13-21(3)20(23)19-11-14-22(15-12-19)16-18-9-7-17(5-2)8-10-18/h7-10,19H,4-6,11-16H2,1-3H3. The molecule has 2 rings (SSSR count). The van der Waals surface area contributed by atoms with Gasteiger partial charge in [0.2, 0.25) is 5.91 Å². The van der Waals surface area contributed by atoms with Crippen molar-refractivity contribution in [2.24, 2.45) is 5.92 Å². The van der Waals surface area contributed by atoms with E-state index in [1.165, 1.54) is 11.1 Å². The molecule has 1 aliphatic heterocycles. The third-order valence-electron chi connectivity index (χ3n) is 5.00. The number of hydrogen-bond acceptors (Lipinski definition) is 2. The minimum Gasteiger partial charge on any atom is -0.346 e. The maximum Gasteiger partial charge on any atom is 0.225 e. The zero-order valence-electron chi connectivity index (χ0n) is 15.1. The van der Waals surface area contributed by atoms with E-state index in [1.54, 1.807) is 0 Å². The molecule has 3 heteroatoms. The van der Waals surface area contributed by atoms with Crippen LogP contribution >= 0.6 is 0 Å². The molecule has 3 nitrogen and oxygen atoms in total. The molecule has 1 aromatic carbocycles. The molecule has 1 aromatic rings. The van der Waals surface area contributed by atoms with E-state index >= 15 is 0 Å². The van der Waals surface area contributed by atoms with Crippen LogP contribution in [0.5, 0.6) is 0 Å². The minimum absolute atomic E-state index is 0.232. The van der Waals surface area contributed by atoms with Crippen LogP contribution in [-0.2, 0) is 17.8 Å². The first kappa shape index (κ1) is 18.0. The zero-order valence-corrected chi connectivity index (χ0v) is 15.1. The van der Waals surface area contributed by atoms with Crippen molar-refractivity contribution in [2.75, 3.05) is 26.7 Å². The van der Waals surface area contributed by atoms with E-state index in [0.717, 1.165) is 58.3 Å². The van der Waals surface area contributed by atoms with Gasteiger partial charge in [-0.05, 0) is 49.9 Å². The van der Waals surface area contributed by atoms with Crippen LogP contribution in [-0.4, -0.2) is 42.4 Å². The zero-order chi connectivity index (χ0) is 16.7. The van der Waals surface area contributed by atoms with Crippen molar-refractivity contribution in [3.05, 3.63) is 35.4 Å². The maximum atomic E-state index is 12.4. The van der Waals surface area contributed by atoms with Crippen molar-refractivity contribution in [1.82, 2.24) is 9.80 Å². The van der Waals surface area contributed by atoms with Crippen molar-refractivity contribution in [1.29, 1.82) is 0 Å². The predicted octanol–water partition coefficient (Wildman–Crippen LogP) is 3.72. The lowest BCUT2D eigenvalue weighted by atomic mass is 9.95. The van der Waals surface area contributed by atoms with E-state index in [0.29, 0.717) is 5.91 Å². The van der Waals surface area contributed by atoms with Gasteiger partial charge in [-0.15, -0.1) is 0 Å². The fourth-order valence-electron chi connectivity index (χ4n) is 3.29. The lowest BCUT2D eigenvalue weighted by Gasteiger charge is -2.33. The van der Waals surface area contributed by atoms with Gasteiger partial charge in [-0.1, -0.05) is 44.5 Å².